The third-order valence-electron chi connectivity index (χ3n) is 3.33. The molecular weight excluding hydrogens is 218 g/mol. The Morgan fingerprint density at radius 1 is 1.35 bits per heavy atom. The van der Waals surface area contributed by atoms with Crippen molar-refractivity contribution < 1.29 is 15.0 Å². The van der Waals surface area contributed by atoms with E-state index >= 15 is 0 Å². The van der Waals surface area contributed by atoms with Gasteiger partial charge in [0.1, 0.15) is 0 Å². The van der Waals surface area contributed by atoms with Crippen LogP contribution >= 0.6 is 0 Å². The molecule has 4 heteroatoms. The molecule has 1 aromatic rings. The first-order valence-corrected chi connectivity index (χ1v) is 5.85. The molecule has 0 heterocycles. The van der Waals surface area contributed by atoms with Gasteiger partial charge in [-0.1, -0.05) is 6.42 Å². The van der Waals surface area contributed by atoms with E-state index < -0.39 is 0 Å². The number of hydrogen-bond donors (Lipinski definition) is 2. The van der Waals surface area contributed by atoms with E-state index in [-0.39, 0.29) is 17.4 Å². The molecule has 0 unspecified atom stereocenters. The summed E-state index contributed by atoms with van der Waals surface area (Å²) in [6.45, 7) is 0.764. The lowest BCUT2D eigenvalue weighted by Crippen LogP contribution is -2.34. The number of aromatic hydroxyl groups is 2. The van der Waals surface area contributed by atoms with Crippen LogP contribution in [-0.2, 0) is 0 Å². The van der Waals surface area contributed by atoms with E-state index in [1.807, 2.05) is 0 Å². The van der Waals surface area contributed by atoms with Gasteiger partial charge < -0.3 is 15.1 Å². The minimum absolute atomic E-state index is 0.118. The predicted octanol–water partition coefficient (Wildman–Crippen LogP) is 1.97. The van der Waals surface area contributed by atoms with Crippen LogP contribution in [0.25, 0.3) is 0 Å². The first-order chi connectivity index (χ1) is 8.08. The molecule has 2 rings (SSSR count). The van der Waals surface area contributed by atoms with E-state index in [1.165, 1.54) is 37.5 Å². The molecule has 1 amide bonds. The molecule has 0 aromatic heterocycles. The maximum Gasteiger partial charge on any atom is 0.253 e. The van der Waals surface area contributed by atoms with Crippen LogP contribution in [0.15, 0.2) is 18.2 Å². The molecule has 0 radical (unpaired) electrons. The molecule has 0 bridgehead atoms. The van der Waals surface area contributed by atoms with Crippen molar-refractivity contribution in [2.75, 3.05) is 13.6 Å². The van der Waals surface area contributed by atoms with Crippen LogP contribution in [0.5, 0.6) is 11.5 Å². The minimum Gasteiger partial charge on any atom is -0.504 e. The highest BCUT2D eigenvalue weighted by molar-refractivity contribution is 5.94. The SMILES string of the molecule is CN(CC1CCC1)C(=O)c1ccc(O)c(O)c1. The van der Waals surface area contributed by atoms with Gasteiger partial charge in [0.05, 0.1) is 0 Å². The Morgan fingerprint density at radius 3 is 2.59 bits per heavy atom. The monoisotopic (exact) mass is 235 g/mol. The van der Waals surface area contributed by atoms with Gasteiger partial charge in [0.25, 0.3) is 5.91 Å². The largest absolute Gasteiger partial charge is 0.504 e. The number of benzene rings is 1. The molecule has 4 nitrogen and oxygen atoms in total. The number of amides is 1. The summed E-state index contributed by atoms with van der Waals surface area (Å²) in [5.74, 6) is 0.0398. The summed E-state index contributed by atoms with van der Waals surface area (Å²) in [5.41, 5.74) is 0.405. The Morgan fingerprint density at radius 2 is 2.06 bits per heavy atom. The number of nitrogens with zero attached hydrogens (tertiary/aromatic N) is 1. The Labute approximate surface area is 100 Å². The normalized spacial score (nSPS) is 15.4. The summed E-state index contributed by atoms with van der Waals surface area (Å²) >= 11 is 0. The molecular formula is C13H17NO3. The van der Waals surface area contributed by atoms with E-state index in [2.05, 4.69) is 0 Å². The van der Waals surface area contributed by atoms with Gasteiger partial charge in [-0.05, 0) is 37.0 Å². The maximum atomic E-state index is 12.0. The second kappa shape index (κ2) is 4.65. The number of carbonyl (C=O) groups is 1. The summed E-state index contributed by atoms with van der Waals surface area (Å²) in [6.07, 6.45) is 3.64. The van der Waals surface area contributed by atoms with E-state index in [4.69, 9.17) is 0 Å². The van der Waals surface area contributed by atoms with Crippen LogP contribution in [0.2, 0.25) is 0 Å². The third-order valence-corrected chi connectivity index (χ3v) is 3.33. The Hall–Kier alpha value is -1.71. The fourth-order valence-electron chi connectivity index (χ4n) is 2.02. The van der Waals surface area contributed by atoms with Crippen LogP contribution < -0.4 is 0 Å². The standard InChI is InChI=1S/C13H17NO3/c1-14(8-9-3-2-4-9)13(17)10-5-6-11(15)12(16)7-10/h5-7,9,15-16H,2-4,8H2,1H3. The van der Waals surface area contributed by atoms with Crippen molar-refractivity contribution >= 4 is 5.91 Å². The van der Waals surface area contributed by atoms with Crippen molar-refractivity contribution in [3.05, 3.63) is 23.8 Å². The van der Waals surface area contributed by atoms with E-state index in [0.29, 0.717) is 11.5 Å². The fourth-order valence-corrected chi connectivity index (χ4v) is 2.02. The van der Waals surface area contributed by atoms with Crippen LogP contribution in [0.4, 0.5) is 0 Å². The zero-order chi connectivity index (χ0) is 12.4. The van der Waals surface area contributed by atoms with E-state index in [9.17, 15) is 15.0 Å². The molecule has 0 spiro atoms. The number of rotatable bonds is 3. The quantitative estimate of drug-likeness (QED) is 0.787. The Kier molecular flexibility index (Phi) is 3.22. The summed E-state index contributed by atoms with van der Waals surface area (Å²) in [5, 5.41) is 18.5. The zero-order valence-electron chi connectivity index (χ0n) is 9.89. The topological polar surface area (TPSA) is 60.8 Å². The lowest BCUT2D eigenvalue weighted by molar-refractivity contribution is 0.0745. The van der Waals surface area contributed by atoms with Crippen molar-refractivity contribution in [2.24, 2.45) is 5.92 Å². The van der Waals surface area contributed by atoms with Gasteiger partial charge in [0, 0.05) is 19.2 Å². The number of carbonyl (C=O) groups excluding carboxylic acids is 1. The molecule has 92 valence electrons. The van der Waals surface area contributed by atoms with Crippen molar-refractivity contribution in [1.29, 1.82) is 0 Å². The van der Waals surface area contributed by atoms with Crippen molar-refractivity contribution in [3.63, 3.8) is 0 Å². The molecule has 1 aromatic carbocycles. The van der Waals surface area contributed by atoms with Gasteiger partial charge in [0.15, 0.2) is 11.5 Å². The molecule has 1 fully saturated rings. The molecule has 17 heavy (non-hydrogen) atoms. The summed E-state index contributed by atoms with van der Waals surface area (Å²) in [7, 11) is 1.77. The molecule has 1 aliphatic carbocycles. The van der Waals surface area contributed by atoms with Crippen LogP contribution in [0, 0.1) is 5.92 Å². The summed E-state index contributed by atoms with van der Waals surface area (Å²) in [4.78, 5) is 13.7. The van der Waals surface area contributed by atoms with Gasteiger partial charge >= 0.3 is 0 Å². The smallest absolute Gasteiger partial charge is 0.253 e. The number of phenolic OH excluding ortho intramolecular Hbond substituents is 2. The summed E-state index contributed by atoms with van der Waals surface area (Å²) in [6, 6.07) is 4.16. The summed E-state index contributed by atoms with van der Waals surface area (Å²) < 4.78 is 0. The average molecular weight is 235 g/mol. The predicted molar refractivity (Wildman–Crippen MR) is 64.1 cm³/mol. The lowest BCUT2D eigenvalue weighted by Gasteiger charge is -2.30. The highest BCUT2D eigenvalue weighted by atomic mass is 16.3. The highest BCUT2D eigenvalue weighted by Crippen LogP contribution is 2.28. The Bertz CT molecular complexity index is 427. The third kappa shape index (κ3) is 2.52. The van der Waals surface area contributed by atoms with Gasteiger partial charge in [0.2, 0.25) is 0 Å². The van der Waals surface area contributed by atoms with Crippen molar-refractivity contribution in [2.45, 2.75) is 19.3 Å². The van der Waals surface area contributed by atoms with Crippen molar-refractivity contribution in [1.82, 2.24) is 4.90 Å². The van der Waals surface area contributed by atoms with Gasteiger partial charge in [-0.15, -0.1) is 0 Å². The average Bonchev–Trinajstić information content (AvgIpc) is 2.26. The van der Waals surface area contributed by atoms with Gasteiger partial charge in [-0.25, -0.2) is 0 Å². The molecule has 1 aliphatic rings. The minimum atomic E-state index is -0.257. The van der Waals surface area contributed by atoms with Crippen molar-refractivity contribution in [3.8, 4) is 11.5 Å². The first kappa shape index (κ1) is 11.8. The molecule has 1 saturated carbocycles. The fraction of sp³-hybridized carbons (Fsp3) is 0.462. The molecule has 0 atom stereocenters. The van der Waals surface area contributed by atoms with Crippen LogP contribution in [0.1, 0.15) is 29.6 Å². The highest BCUT2D eigenvalue weighted by Gasteiger charge is 2.22. The number of phenols is 2. The van der Waals surface area contributed by atoms with E-state index in [1.54, 1.807) is 11.9 Å². The molecule has 0 aliphatic heterocycles. The first-order valence-electron chi connectivity index (χ1n) is 5.85. The zero-order valence-corrected chi connectivity index (χ0v) is 9.89. The second-order valence-electron chi connectivity index (χ2n) is 4.69. The van der Waals surface area contributed by atoms with Crippen LogP contribution in [0.3, 0.4) is 0 Å². The lowest BCUT2D eigenvalue weighted by atomic mass is 9.85. The Balaban J connectivity index is 2.04. The maximum absolute atomic E-state index is 12.0. The second-order valence-corrected chi connectivity index (χ2v) is 4.69. The molecule has 0 saturated heterocycles. The van der Waals surface area contributed by atoms with Gasteiger partial charge in [-0.2, -0.15) is 0 Å². The van der Waals surface area contributed by atoms with Crippen LogP contribution in [-0.4, -0.2) is 34.6 Å². The van der Waals surface area contributed by atoms with E-state index in [0.717, 1.165) is 6.54 Å². The number of hydrogen-bond acceptors (Lipinski definition) is 3. The molecule has 2 N–H and O–H groups in total. The van der Waals surface area contributed by atoms with Gasteiger partial charge in [-0.3, -0.25) is 4.79 Å².